The molecule has 0 saturated carbocycles. The van der Waals surface area contributed by atoms with Crippen LogP contribution >= 0.6 is 11.9 Å². The smallest absolute Gasteiger partial charge is 0.272 e. The molecule has 0 spiro atoms. The predicted octanol–water partition coefficient (Wildman–Crippen LogP) is 3.83. The molecule has 2 aliphatic heterocycles. The van der Waals surface area contributed by atoms with Crippen molar-refractivity contribution < 1.29 is 14.3 Å². The number of benzene rings is 2. The molecule has 0 unspecified atom stereocenters. The monoisotopic (exact) mass is 476 g/mol. The van der Waals surface area contributed by atoms with Crippen molar-refractivity contribution >= 4 is 34.7 Å². The van der Waals surface area contributed by atoms with E-state index in [0.717, 1.165) is 27.7 Å². The zero-order valence-corrected chi connectivity index (χ0v) is 20.1. The van der Waals surface area contributed by atoms with Gasteiger partial charge in [-0.1, -0.05) is 12.1 Å². The Bertz CT molecular complexity index is 1220. The lowest BCUT2D eigenvalue weighted by atomic mass is 10.0. The summed E-state index contributed by atoms with van der Waals surface area (Å²) in [6.45, 7) is 6.52. The summed E-state index contributed by atoms with van der Waals surface area (Å²) < 4.78 is 5.99. The summed E-state index contributed by atoms with van der Waals surface area (Å²) in [6.07, 6.45) is -0.00585. The standard InChI is InChI=1S/C26H28N4O3S/c1-16(2)33-24-11-23(28-22-6-4-3-5-21(22)24)26(32)30-14-18-12-29(13-19(18)15-30)25(31)17-7-9-20(34-27)10-8-17/h3-11,16,18-19H,12-15,27H2,1-2H3/t18-,19+. The molecule has 2 atom stereocenters. The number of carbonyl (C=O) groups is 2. The number of nitrogens with zero attached hydrogens (tertiary/aromatic N) is 3. The molecule has 2 fully saturated rings. The Morgan fingerprint density at radius 2 is 1.59 bits per heavy atom. The van der Waals surface area contributed by atoms with Crippen LogP contribution in [0.25, 0.3) is 10.9 Å². The molecule has 2 aromatic carbocycles. The highest BCUT2D eigenvalue weighted by molar-refractivity contribution is 7.97. The van der Waals surface area contributed by atoms with Gasteiger partial charge in [-0.3, -0.25) is 14.7 Å². The molecule has 2 saturated heterocycles. The molecular weight excluding hydrogens is 448 g/mol. The Morgan fingerprint density at radius 3 is 2.21 bits per heavy atom. The van der Waals surface area contributed by atoms with Crippen LogP contribution in [-0.2, 0) is 0 Å². The summed E-state index contributed by atoms with van der Waals surface area (Å²) >= 11 is 1.16. The second kappa shape index (κ2) is 9.27. The van der Waals surface area contributed by atoms with Crippen LogP contribution in [0, 0.1) is 11.8 Å². The van der Waals surface area contributed by atoms with E-state index in [-0.39, 0.29) is 29.8 Å². The molecule has 7 nitrogen and oxygen atoms in total. The number of hydrogen-bond acceptors (Lipinski definition) is 6. The minimum atomic E-state index is -0.0819. The highest BCUT2D eigenvalue weighted by Crippen LogP contribution is 2.34. The topological polar surface area (TPSA) is 88.8 Å². The fraction of sp³-hybridized carbons (Fsp3) is 0.346. The molecular formula is C26H28N4O3S. The summed E-state index contributed by atoms with van der Waals surface area (Å²) in [5.41, 5.74) is 1.82. The summed E-state index contributed by atoms with van der Waals surface area (Å²) in [4.78, 5) is 35.7. The van der Waals surface area contributed by atoms with Crippen LogP contribution in [0.15, 0.2) is 59.5 Å². The van der Waals surface area contributed by atoms with Gasteiger partial charge in [-0.05, 0) is 62.2 Å². The molecule has 1 aromatic heterocycles. The molecule has 0 bridgehead atoms. The second-order valence-corrected chi connectivity index (χ2v) is 9.98. The maximum absolute atomic E-state index is 13.4. The molecule has 2 amide bonds. The van der Waals surface area contributed by atoms with Gasteiger partial charge in [-0.15, -0.1) is 0 Å². The van der Waals surface area contributed by atoms with E-state index in [2.05, 4.69) is 4.98 Å². The summed E-state index contributed by atoms with van der Waals surface area (Å²) in [6, 6.07) is 16.9. The Labute approximate surface area is 203 Å². The molecule has 2 aliphatic rings. The molecule has 34 heavy (non-hydrogen) atoms. The van der Waals surface area contributed by atoms with Gasteiger partial charge in [-0.25, -0.2) is 4.98 Å². The lowest BCUT2D eigenvalue weighted by Gasteiger charge is -2.22. The third-order valence-electron chi connectivity index (χ3n) is 6.56. The zero-order valence-electron chi connectivity index (χ0n) is 19.3. The van der Waals surface area contributed by atoms with Gasteiger partial charge in [-0.2, -0.15) is 0 Å². The average molecular weight is 477 g/mol. The fourth-order valence-corrected chi connectivity index (χ4v) is 5.24. The third-order valence-corrected chi connectivity index (χ3v) is 7.10. The normalized spacial score (nSPS) is 19.6. The van der Waals surface area contributed by atoms with Crippen molar-refractivity contribution in [3.63, 3.8) is 0 Å². The highest BCUT2D eigenvalue weighted by atomic mass is 32.2. The average Bonchev–Trinajstić information content (AvgIpc) is 3.42. The molecule has 2 N–H and O–H groups in total. The van der Waals surface area contributed by atoms with Crippen LogP contribution in [0.1, 0.15) is 34.7 Å². The van der Waals surface area contributed by atoms with E-state index < -0.39 is 0 Å². The van der Waals surface area contributed by atoms with Gasteiger partial charge in [0.15, 0.2) is 0 Å². The van der Waals surface area contributed by atoms with Crippen LogP contribution in [0.5, 0.6) is 5.75 Å². The van der Waals surface area contributed by atoms with E-state index in [1.165, 1.54) is 0 Å². The number of nitrogens with two attached hydrogens (primary N) is 1. The third kappa shape index (κ3) is 4.35. The van der Waals surface area contributed by atoms with Gasteiger partial charge in [0.2, 0.25) is 0 Å². The van der Waals surface area contributed by atoms with E-state index in [9.17, 15) is 9.59 Å². The zero-order chi connectivity index (χ0) is 23.8. The molecule has 5 rings (SSSR count). The SMILES string of the molecule is CC(C)Oc1cc(C(=O)N2C[C@H]3CN(C(=O)c4ccc(SN)cc4)C[C@H]3C2)nc2ccccc12. The van der Waals surface area contributed by atoms with Crippen molar-refractivity contribution in [2.24, 2.45) is 17.0 Å². The number of hydrogen-bond donors (Lipinski definition) is 1. The number of ether oxygens (including phenoxy) is 1. The fourth-order valence-electron chi connectivity index (χ4n) is 4.95. The van der Waals surface area contributed by atoms with Crippen molar-refractivity contribution in [1.82, 2.24) is 14.8 Å². The molecule has 176 valence electrons. The molecule has 0 radical (unpaired) electrons. The first-order chi connectivity index (χ1) is 16.4. The molecule has 8 heteroatoms. The van der Waals surface area contributed by atoms with E-state index in [1.54, 1.807) is 6.07 Å². The minimum absolute atomic E-state index is 0.00585. The summed E-state index contributed by atoms with van der Waals surface area (Å²) in [7, 11) is 0. The molecule has 3 heterocycles. The van der Waals surface area contributed by atoms with E-state index in [0.29, 0.717) is 43.2 Å². The number of fused-ring (bicyclic) bond motifs is 2. The lowest BCUT2D eigenvalue weighted by molar-refractivity contribution is 0.0735. The minimum Gasteiger partial charge on any atom is -0.490 e. The van der Waals surface area contributed by atoms with Crippen molar-refractivity contribution in [2.75, 3.05) is 26.2 Å². The Balaban J connectivity index is 1.28. The maximum atomic E-state index is 13.4. The molecule has 0 aliphatic carbocycles. The maximum Gasteiger partial charge on any atom is 0.272 e. The number of aromatic nitrogens is 1. The Hall–Kier alpha value is -3.10. The number of carbonyl (C=O) groups excluding carboxylic acids is 2. The summed E-state index contributed by atoms with van der Waals surface area (Å²) in [5, 5.41) is 6.48. The van der Waals surface area contributed by atoms with Gasteiger partial charge >= 0.3 is 0 Å². The van der Waals surface area contributed by atoms with Gasteiger partial charge in [0.25, 0.3) is 11.8 Å². The van der Waals surface area contributed by atoms with Crippen LogP contribution in [0.3, 0.4) is 0 Å². The number of para-hydroxylation sites is 1. The van der Waals surface area contributed by atoms with Crippen molar-refractivity contribution in [3.8, 4) is 5.75 Å². The summed E-state index contributed by atoms with van der Waals surface area (Å²) in [5.74, 6) is 1.19. The Kier molecular flexibility index (Phi) is 6.18. The van der Waals surface area contributed by atoms with Crippen LogP contribution < -0.4 is 9.88 Å². The van der Waals surface area contributed by atoms with Gasteiger partial charge in [0, 0.05) is 59.9 Å². The van der Waals surface area contributed by atoms with Crippen molar-refractivity contribution in [2.45, 2.75) is 24.8 Å². The van der Waals surface area contributed by atoms with Gasteiger partial charge < -0.3 is 14.5 Å². The number of likely N-dealkylation sites (tertiary alicyclic amines) is 2. The quantitative estimate of drug-likeness (QED) is 0.563. The molecule has 3 aromatic rings. The first-order valence-electron chi connectivity index (χ1n) is 11.5. The predicted molar refractivity (Wildman–Crippen MR) is 133 cm³/mol. The largest absolute Gasteiger partial charge is 0.490 e. The Morgan fingerprint density at radius 1 is 0.971 bits per heavy atom. The number of pyridine rings is 1. The lowest BCUT2D eigenvalue weighted by Crippen LogP contribution is -2.36. The first-order valence-corrected chi connectivity index (χ1v) is 12.4. The van der Waals surface area contributed by atoms with E-state index >= 15 is 0 Å². The second-order valence-electron chi connectivity index (χ2n) is 9.27. The van der Waals surface area contributed by atoms with Gasteiger partial charge in [0.05, 0.1) is 11.6 Å². The van der Waals surface area contributed by atoms with Crippen LogP contribution in [0.4, 0.5) is 0 Å². The van der Waals surface area contributed by atoms with Crippen LogP contribution in [-0.4, -0.2) is 58.9 Å². The highest BCUT2D eigenvalue weighted by Gasteiger charge is 2.43. The van der Waals surface area contributed by atoms with Gasteiger partial charge in [0.1, 0.15) is 11.4 Å². The van der Waals surface area contributed by atoms with Crippen molar-refractivity contribution in [1.29, 1.82) is 0 Å². The first kappa shape index (κ1) is 22.7. The van der Waals surface area contributed by atoms with Crippen molar-refractivity contribution in [3.05, 3.63) is 65.9 Å². The van der Waals surface area contributed by atoms with E-state index in [4.69, 9.17) is 9.88 Å². The van der Waals surface area contributed by atoms with E-state index in [1.807, 2.05) is 72.2 Å². The number of amides is 2. The van der Waals surface area contributed by atoms with Crippen LogP contribution in [0.2, 0.25) is 0 Å². The number of rotatable bonds is 5.